The van der Waals surface area contributed by atoms with Gasteiger partial charge in [0.05, 0.1) is 5.69 Å². The third-order valence-corrected chi connectivity index (χ3v) is 7.16. The van der Waals surface area contributed by atoms with Crippen molar-refractivity contribution in [3.8, 4) is 16.8 Å². The lowest BCUT2D eigenvalue weighted by molar-refractivity contribution is 0.0507. The highest BCUT2D eigenvalue weighted by Crippen LogP contribution is 2.23. The van der Waals surface area contributed by atoms with Gasteiger partial charge < -0.3 is 20.6 Å². The lowest BCUT2D eigenvalue weighted by Crippen LogP contribution is -2.55. The Kier molecular flexibility index (Phi) is 7.33. The highest BCUT2D eigenvalue weighted by Gasteiger charge is 2.29. The van der Waals surface area contributed by atoms with Crippen molar-refractivity contribution in [3.05, 3.63) is 101 Å². The van der Waals surface area contributed by atoms with E-state index in [0.29, 0.717) is 31.0 Å². The lowest BCUT2D eigenvalue weighted by atomic mass is 9.99. The first kappa shape index (κ1) is 26.6. The minimum atomic E-state index is -0.951. The van der Waals surface area contributed by atoms with Crippen LogP contribution in [0.25, 0.3) is 16.8 Å². The Bertz CT molecular complexity index is 1540. The summed E-state index contributed by atoms with van der Waals surface area (Å²) in [5.41, 5.74) is 11.0. The Hall–Kier alpha value is -4.99. The molecule has 3 amide bonds. The van der Waals surface area contributed by atoms with Crippen LogP contribution in [0.1, 0.15) is 44.9 Å². The summed E-state index contributed by atoms with van der Waals surface area (Å²) in [5, 5.41) is 13.4. The fourth-order valence-electron chi connectivity index (χ4n) is 4.96. The maximum absolute atomic E-state index is 13.0. The summed E-state index contributed by atoms with van der Waals surface area (Å²) in [4.78, 5) is 42.8. The minimum absolute atomic E-state index is 0.00595. The zero-order valence-electron chi connectivity index (χ0n) is 22.3. The molecule has 3 N–H and O–H groups in total. The molecule has 0 spiro atoms. The maximum atomic E-state index is 13.0. The molecule has 40 heavy (non-hydrogen) atoms. The van der Waals surface area contributed by atoms with Crippen LogP contribution in [0.4, 0.5) is 4.79 Å². The van der Waals surface area contributed by atoms with Gasteiger partial charge in [-0.3, -0.25) is 9.59 Å². The molecule has 0 aliphatic carbocycles. The quantitative estimate of drug-likeness (QED) is 0.384. The largest absolute Gasteiger partial charge is 0.465 e. The number of carbonyl (C=O) groups is 3. The second-order valence-electron chi connectivity index (χ2n) is 9.95. The number of nitrogens with two attached hydrogens (primary N) is 1. The summed E-state index contributed by atoms with van der Waals surface area (Å²) in [6.07, 6.45) is -0.197. The zero-order valence-corrected chi connectivity index (χ0v) is 22.3. The van der Waals surface area contributed by atoms with Gasteiger partial charge in [0.25, 0.3) is 11.8 Å². The molecule has 0 radical (unpaired) electrons. The van der Waals surface area contributed by atoms with Crippen LogP contribution in [0.15, 0.2) is 72.8 Å². The molecule has 0 unspecified atom stereocenters. The van der Waals surface area contributed by atoms with Gasteiger partial charge in [-0.15, -0.1) is 5.10 Å². The molecule has 3 aromatic carbocycles. The Morgan fingerprint density at radius 3 is 2.00 bits per heavy atom. The van der Waals surface area contributed by atoms with E-state index in [1.54, 1.807) is 16.5 Å². The topological polar surface area (TPSA) is 135 Å². The van der Waals surface area contributed by atoms with Gasteiger partial charge in [0.1, 0.15) is 5.82 Å². The van der Waals surface area contributed by atoms with Crippen LogP contribution in [-0.2, 0) is 6.42 Å². The summed E-state index contributed by atoms with van der Waals surface area (Å²) < 4.78 is 1.59. The fourth-order valence-corrected chi connectivity index (χ4v) is 4.96. The van der Waals surface area contributed by atoms with Crippen LogP contribution in [-0.4, -0.2) is 73.3 Å². The van der Waals surface area contributed by atoms with E-state index >= 15 is 0 Å². The second kappa shape index (κ2) is 11.0. The molecule has 1 atom stereocenters. The van der Waals surface area contributed by atoms with Gasteiger partial charge >= 0.3 is 6.09 Å². The number of hydrogen-bond donors (Lipinski definition) is 2. The third kappa shape index (κ3) is 5.56. The molecule has 1 aliphatic heterocycles. The van der Waals surface area contributed by atoms with Gasteiger partial charge in [0.2, 0.25) is 5.82 Å². The Labute approximate surface area is 231 Å². The standard InChI is InChI=1S/C30H30N6O4/c1-19-18-34(15-16-35(19)30(39)40)29(38)25-11-9-24(10-12-25)23-7-3-21(4-8-23)17-22-5-13-26(14-6-22)36-20(2)32-28(33-36)27(31)37/h3-14,19H,15-18H2,1-2H3,(H2,31,37)(H,39,40)/t19-/m0/s1. The molecule has 0 saturated carbocycles. The van der Waals surface area contributed by atoms with Crippen molar-refractivity contribution in [1.82, 2.24) is 24.6 Å². The second-order valence-corrected chi connectivity index (χ2v) is 9.95. The molecule has 10 nitrogen and oxygen atoms in total. The van der Waals surface area contributed by atoms with E-state index in [1.807, 2.05) is 55.5 Å². The predicted molar refractivity (Wildman–Crippen MR) is 149 cm³/mol. The van der Waals surface area contributed by atoms with Crippen molar-refractivity contribution in [1.29, 1.82) is 0 Å². The van der Waals surface area contributed by atoms with Crippen molar-refractivity contribution in [2.75, 3.05) is 19.6 Å². The van der Waals surface area contributed by atoms with E-state index in [2.05, 4.69) is 34.3 Å². The number of benzene rings is 3. The van der Waals surface area contributed by atoms with E-state index in [1.165, 1.54) is 4.90 Å². The van der Waals surface area contributed by atoms with E-state index in [4.69, 9.17) is 5.73 Å². The number of carboxylic acid groups (broad SMARTS) is 1. The number of piperazine rings is 1. The number of aromatic nitrogens is 3. The van der Waals surface area contributed by atoms with E-state index in [9.17, 15) is 19.5 Å². The smallest absolute Gasteiger partial charge is 0.407 e. The van der Waals surface area contributed by atoms with Crippen LogP contribution in [0.5, 0.6) is 0 Å². The van der Waals surface area contributed by atoms with Crippen LogP contribution in [0.3, 0.4) is 0 Å². The fraction of sp³-hybridized carbons (Fsp3) is 0.233. The Morgan fingerprint density at radius 1 is 0.900 bits per heavy atom. The molecular weight excluding hydrogens is 508 g/mol. The van der Waals surface area contributed by atoms with Gasteiger partial charge in [0.15, 0.2) is 0 Å². The minimum Gasteiger partial charge on any atom is -0.465 e. The van der Waals surface area contributed by atoms with Gasteiger partial charge in [-0.25, -0.2) is 14.5 Å². The summed E-state index contributed by atoms with van der Waals surface area (Å²) >= 11 is 0. The Balaban J connectivity index is 1.21. The molecule has 2 heterocycles. The van der Waals surface area contributed by atoms with Crippen LogP contribution >= 0.6 is 0 Å². The maximum Gasteiger partial charge on any atom is 0.407 e. The summed E-state index contributed by atoms with van der Waals surface area (Å²) in [6.45, 7) is 4.67. The summed E-state index contributed by atoms with van der Waals surface area (Å²) in [5.74, 6) is -0.164. The van der Waals surface area contributed by atoms with Crippen molar-refractivity contribution in [3.63, 3.8) is 0 Å². The number of nitrogens with zero attached hydrogens (tertiary/aromatic N) is 5. The molecule has 1 saturated heterocycles. The first-order chi connectivity index (χ1) is 19.2. The number of carbonyl (C=O) groups excluding carboxylic acids is 2. The molecule has 1 aromatic heterocycles. The van der Waals surface area contributed by atoms with Crippen molar-refractivity contribution < 1.29 is 19.5 Å². The predicted octanol–water partition coefficient (Wildman–Crippen LogP) is 3.76. The molecular formula is C30H30N6O4. The molecule has 204 valence electrons. The van der Waals surface area contributed by atoms with Crippen molar-refractivity contribution in [2.24, 2.45) is 5.73 Å². The van der Waals surface area contributed by atoms with Gasteiger partial charge in [-0.1, -0.05) is 48.5 Å². The molecule has 1 fully saturated rings. The number of hydrogen-bond acceptors (Lipinski definition) is 5. The Morgan fingerprint density at radius 2 is 1.48 bits per heavy atom. The highest BCUT2D eigenvalue weighted by molar-refractivity contribution is 5.95. The monoisotopic (exact) mass is 538 g/mol. The van der Waals surface area contributed by atoms with Gasteiger partial charge in [-0.05, 0) is 66.8 Å². The number of rotatable bonds is 6. The van der Waals surface area contributed by atoms with Gasteiger partial charge in [-0.2, -0.15) is 0 Å². The highest BCUT2D eigenvalue weighted by atomic mass is 16.4. The molecule has 5 rings (SSSR count). The molecule has 4 aromatic rings. The van der Waals surface area contributed by atoms with Gasteiger partial charge in [0, 0.05) is 31.2 Å². The SMILES string of the molecule is Cc1nc(C(N)=O)nn1-c1ccc(Cc2ccc(-c3ccc(C(=O)N4CCN(C(=O)O)[C@@H](C)C4)cc3)cc2)cc1. The molecule has 10 heteroatoms. The number of primary amides is 1. The van der Waals surface area contributed by atoms with Crippen molar-refractivity contribution >= 4 is 17.9 Å². The van der Waals surface area contributed by atoms with Crippen LogP contribution in [0, 0.1) is 6.92 Å². The first-order valence-corrected chi connectivity index (χ1v) is 13.0. The lowest BCUT2D eigenvalue weighted by Gasteiger charge is -2.38. The normalized spacial score (nSPS) is 15.2. The zero-order chi connectivity index (χ0) is 28.4. The number of amides is 3. The summed E-state index contributed by atoms with van der Waals surface area (Å²) in [6, 6.07) is 23.5. The van der Waals surface area contributed by atoms with Crippen LogP contribution < -0.4 is 5.73 Å². The van der Waals surface area contributed by atoms with Crippen molar-refractivity contribution in [2.45, 2.75) is 26.3 Å². The van der Waals surface area contributed by atoms with E-state index in [0.717, 1.165) is 34.4 Å². The third-order valence-electron chi connectivity index (χ3n) is 7.16. The number of aryl methyl sites for hydroxylation is 1. The molecule has 1 aliphatic rings. The van der Waals surface area contributed by atoms with E-state index in [-0.39, 0.29) is 17.8 Å². The first-order valence-electron chi connectivity index (χ1n) is 13.0. The summed E-state index contributed by atoms with van der Waals surface area (Å²) in [7, 11) is 0. The molecule has 0 bridgehead atoms. The van der Waals surface area contributed by atoms with Crippen LogP contribution in [0.2, 0.25) is 0 Å². The van der Waals surface area contributed by atoms with E-state index < -0.39 is 12.0 Å². The average molecular weight is 539 g/mol. The average Bonchev–Trinajstić information content (AvgIpc) is 3.35.